The average Bonchev–Trinajstić information content (AvgIpc) is 2.63. The van der Waals surface area contributed by atoms with Gasteiger partial charge < -0.3 is 15.3 Å². The molecule has 0 bridgehead atoms. The number of nitrogens with zero attached hydrogens (tertiary/aromatic N) is 1. The summed E-state index contributed by atoms with van der Waals surface area (Å²) in [4.78, 5) is 23.8. The lowest BCUT2D eigenvalue weighted by Gasteiger charge is -2.29. The first-order valence-electron chi connectivity index (χ1n) is 5.87. The van der Waals surface area contributed by atoms with Crippen molar-refractivity contribution in [3.05, 3.63) is 12.7 Å². The Balaban J connectivity index is 2.57. The van der Waals surface area contributed by atoms with Crippen molar-refractivity contribution in [1.82, 2.24) is 10.2 Å². The van der Waals surface area contributed by atoms with Gasteiger partial charge in [0, 0.05) is 12.1 Å². The number of hydrogen-bond acceptors (Lipinski definition) is 2. The fourth-order valence-corrected chi connectivity index (χ4v) is 2.16. The van der Waals surface area contributed by atoms with Crippen LogP contribution in [0.4, 0.5) is 4.79 Å². The Bertz CT molecular complexity index is 309. The summed E-state index contributed by atoms with van der Waals surface area (Å²) in [6.07, 6.45) is 5.65. The molecule has 0 heterocycles. The van der Waals surface area contributed by atoms with Crippen molar-refractivity contribution in [3.63, 3.8) is 0 Å². The third-order valence-corrected chi connectivity index (χ3v) is 3.08. The van der Waals surface area contributed by atoms with Gasteiger partial charge in [0.1, 0.15) is 6.54 Å². The van der Waals surface area contributed by atoms with Gasteiger partial charge in [-0.2, -0.15) is 0 Å². The minimum atomic E-state index is -1.02. The van der Waals surface area contributed by atoms with Crippen LogP contribution in [0, 0.1) is 0 Å². The van der Waals surface area contributed by atoms with E-state index in [1.165, 1.54) is 11.0 Å². The van der Waals surface area contributed by atoms with E-state index in [1.54, 1.807) is 0 Å². The van der Waals surface area contributed by atoms with E-state index < -0.39 is 5.97 Å². The van der Waals surface area contributed by atoms with Gasteiger partial charge in [-0.05, 0) is 19.8 Å². The molecule has 0 aromatic rings. The van der Waals surface area contributed by atoms with Crippen LogP contribution in [0.5, 0.6) is 0 Å². The third-order valence-electron chi connectivity index (χ3n) is 3.08. The van der Waals surface area contributed by atoms with Crippen molar-refractivity contribution < 1.29 is 14.7 Å². The van der Waals surface area contributed by atoms with E-state index in [9.17, 15) is 9.59 Å². The number of aliphatic carboxylic acids is 1. The molecule has 5 nitrogen and oxygen atoms in total. The zero-order valence-electron chi connectivity index (χ0n) is 10.2. The number of amides is 2. The Morgan fingerprint density at radius 1 is 1.47 bits per heavy atom. The number of urea groups is 1. The zero-order chi connectivity index (χ0) is 12.9. The summed E-state index contributed by atoms with van der Waals surface area (Å²) < 4.78 is 0. The minimum absolute atomic E-state index is 0.186. The van der Waals surface area contributed by atoms with Crippen LogP contribution in [-0.2, 0) is 4.79 Å². The fourth-order valence-electron chi connectivity index (χ4n) is 2.16. The Hall–Kier alpha value is -1.52. The molecule has 0 aromatic carbocycles. The molecule has 0 spiro atoms. The normalized spacial score (nSPS) is 17.5. The highest BCUT2D eigenvalue weighted by molar-refractivity contribution is 5.80. The van der Waals surface area contributed by atoms with Gasteiger partial charge in [-0.3, -0.25) is 4.79 Å². The molecule has 1 aliphatic carbocycles. The summed E-state index contributed by atoms with van der Waals surface area (Å²) in [6, 6.07) is -0.322. The first-order valence-corrected chi connectivity index (χ1v) is 5.87. The number of carbonyl (C=O) groups is 2. The topological polar surface area (TPSA) is 69.6 Å². The predicted molar refractivity (Wildman–Crippen MR) is 64.8 cm³/mol. The molecule has 0 radical (unpaired) electrons. The molecule has 5 heteroatoms. The molecule has 1 fully saturated rings. The molecule has 1 rings (SSSR count). The van der Waals surface area contributed by atoms with E-state index in [1.807, 2.05) is 6.92 Å². The number of rotatable bonds is 5. The summed E-state index contributed by atoms with van der Waals surface area (Å²) in [5.74, 6) is -1.02. The first-order chi connectivity index (χ1) is 7.97. The van der Waals surface area contributed by atoms with Crippen molar-refractivity contribution in [1.29, 1.82) is 0 Å². The molecule has 0 aromatic heterocycles. The number of carbonyl (C=O) groups excluding carboxylic acids is 1. The first kappa shape index (κ1) is 13.5. The number of carboxylic acids is 1. The van der Waals surface area contributed by atoms with Crippen molar-refractivity contribution in [3.8, 4) is 0 Å². The SMILES string of the molecule is C=CCN(CC(=O)O)C(=O)NC1(C)CCCC1. The van der Waals surface area contributed by atoms with Gasteiger partial charge in [-0.1, -0.05) is 18.9 Å². The number of carboxylic acid groups (broad SMARTS) is 1. The quantitative estimate of drug-likeness (QED) is 0.717. The Morgan fingerprint density at radius 2 is 2.06 bits per heavy atom. The molecule has 17 heavy (non-hydrogen) atoms. The smallest absolute Gasteiger partial charge is 0.323 e. The number of nitrogens with one attached hydrogen (secondary N) is 1. The van der Waals surface area contributed by atoms with Gasteiger partial charge in [0.25, 0.3) is 0 Å². The Morgan fingerprint density at radius 3 is 2.53 bits per heavy atom. The maximum atomic E-state index is 11.9. The highest BCUT2D eigenvalue weighted by Gasteiger charge is 2.31. The van der Waals surface area contributed by atoms with Gasteiger partial charge in [0.05, 0.1) is 0 Å². The van der Waals surface area contributed by atoms with E-state index >= 15 is 0 Å². The van der Waals surface area contributed by atoms with Crippen molar-refractivity contribution in [2.45, 2.75) is 38.1 Å². The van der Waals surface area contributed by atoms with Crippen molar-refractivity contribution >= 4 is 12.0 Å². The molecule has 0 saturated heterocycles. The van der Waals surface area contributed by atoms with Crippen LogP contribution in [0.1, 0.15) is 32.6 Å². The van der Waals surface area contributed by atoms with Crippen LogP contribution in [0.3, 0.4) is 0 Å². The van der Waals surface area contributed by atoms with E-state index in [4.69, 9.17) is 5.11 Å². The van der Waals surface area contributed by atoms with Gasteiger partial charge in [0.2, 0.25) is 0 Å². The molecule has 0 atom stereocenters. The average molecular weight is 240 g/mol. The molecule has 96 valence electrons. The molecular formula is C12H20N2O3. The summed E-state index contributed by atoms with van der Waals surface area (Å²) in [5.41, 5.74) is -0.186. The molecule has 0 unspecified atom stereocenters. The maximum Gasteiger partial charge on any atom is 0.323 e. The van der Waals surface area contributed by atoms with E-state index in [2.05, 4.69) is 11.9 Å². The van der Waals surface area contributed by atoms with Crippen molar-refractivity contribution in [2.24, 2.45) is 0 Å². The molecule has 1 saturated carbocycles. The van der Waals surface area contributed by atoms with Gasteiger partial charge >= 0.3 is 12.0 Å². The molecular weight excluding hydrogens is 220 g/mol. The largest absolute Gasteiger partial charge is 0.480 e. The third kappa shape index (κ3) is 4.09. The van der Waals surface area contributed by atoms with Crippen LogP contribution in [0.25, 0.3) is 0 Å². The van der Waals surface area contributed by atoms with Crippen LogP contribution in [0.2, 0.25) is 0 Å². The molecule has 0 aliphatic heterocycles. The summed E-state index contributed by atoms with van der Waals surface area (Å²) >= 11 is 0. The van der Waals surface area contributed by atoms with Crippen LogP contribution in [-0.4, -0.2) is 40.6 Å². The lowest BCUT2D eigenvalue weighted by Crippen LogP contribution is -2.51. The fraction of sp³-hybridized carbons (Fsp3) is 0.667. The zero-order valence-corrected chi connectivity index (χ0v) is 10.2. The predicted octanol–water partition coefficient (Wildman–Crippen LogP) is 1.60. The Kier molecular flexibility index (Phi) is 4.54. The summed E-state index contributed by atoms with van der Waals surface area (Å²) in [7, 11) is 0. The number of hydrogen-bond donors (Lipinski definition) is 2. The lowest BCUT2D eigenvalue weighted by molar-refractivity contribution is -0.137. The van der Waals surface area contributed by atoms with Crippen LogP contribution in [0.15, 0.2) is 12.7 Å². The monoisotopic (exact) mass is 240 g/mol. The molecule has 2 amide bonds. The van der Waals surface area contributed by atoms with Gasteiger partial charge in [-0.25, -0.2) is 4.79 Å². The Labute approximate surface area is 101 Å². The maximum absolute atomic E-state index is 11.9. The standard InChI is InChI=1S/C12H20N2O3/c1-3-8-14(9-10(15)16)11(17)13-12(2)6-4-5-7-12/h3H,1,4-9H2,2H3,(H,13,17)(H,15,16). The summed E-state index contributed by atoms with van der Waals surface area (Å²) in [6.45, 7) is 5.48. The second-order valence-corrected chi connectivity index (χ2v) is 4.76. The highest BCUT2D eigenvalue weighted by Crippen LogP contribution is 2.28. The second-order valence-electron chi connectivity index (χ2n) is 4.76. The van der Waals surface area contributed by atoms with Crippen molar-refractivity contribution in [2.75, 3.05) is 13.1 Å². The summed E-state index contributed by atoms with van der Waals surface area (Å²) in [5, 5.41) is 11.6. The van der Waals surface area contributed by atoms with Crippen LogP contribution < -0.4 is 5.32 Å². The molecule has 1 aliphatic rings. The van der Waals surface area contributed by atoms with Crippen LogP contribution >= 0.6 is 0 Å². The van der Waals surface area contributed by atoms with Gasteiger partial charge in [0.15, 0.2) is 0 Å². The molecule has 2 N–H and O–H groups in total. The minimum Gasteiger partial charge on any atom is -0.480 e. The van der Waals surface area contributed by atoms with E-state index in [0.717, 1.165) is 25.7 Å². The van der Waals surface area contributed by atoms with E-state index in [-0.39, 0.29) is 24.7 Å². The second kappa shape index (κ2) is 5.70. The lowest BCUT2D eigenvalue weighted by atomic mass is 10.0. The highest BCUT2D eigenvalue weighted by atomic mass is 16.4. The van der Waals surface area contributed by atoms with E-state index in [0.29, 0.717) is 0 Å². The van der Waals surface area contributed by atoms with Gasteiger partial charge in [-0.15, -0.1) is 6.58 Å².